The first kappa shape index (κ1) is 9.85. The zero-order chi connectivity index (χ0) is 9.90. The molecule has 0 spiro atoms. The van der Waals surface area contributed by atoms with E-state index >= 15 is 0 Å². The Kier molecular flexibility index (Phi) is 2.77. The van der Waals surface area contributed by atoms with Crippen LogP contribution in [0.2, 0.25) is 0 Å². The SMILES string of the molecule is Cc1ccc(N=NS(C)(=O)=O)cc1. The third-order valence-electron chi connectivity index (χ3n) is 1.34. The molecule has 0 unspecified atom stereocenters. The molecule has 0 radical (unpaired) electrons. The van der Waals surface area contributed by atoms with Crippen LogP contribution in [-0.4, -0.2) is 14.7 Å². The average molecular weight is 198 g/mol. The van der Waals surface area contributed by atoms with Crippen LogP contribution in [0.1, 0.15) is 5.56 Å². The second-order valence-electron chi connectivity index (χ2n) is 2.75. The number of benzene rings is 1. The van der Waals surface area contributed by atoms with E-state index in [-0.39, 0.29) is 0 Å². The summed E-state index contributed by atoms with van der Waals surface area (Å²) >= 11 is 0. The Bertz CT molecular complexity index is 406. The molecule has 1 aromatic rings. The Morgan fingerprint density at radius 1 is 1.15 bits per heavy atom. The molecule has 0 aliphatic rings. The van der Waals surface area contributed by atoms with Crippen LogP contribution in [0.25, 0.3) is 0 Å². The lowest BCUT2D eigenvalue weighted by molar-refractivity contribution is 0.601. The molecule has 0 saturated heterocycles. The molecule has 0 aliphatic carbocycles. The fraction of sp³-hybridized carbons (Fsp3) is 0.250. The highest BCUT2D eigenvalue weighted by atomic mass is 32.2. The summed E-state index contributed by atoms with van der Waals surface area (Å²) < 4.78 is 24.4. The van der Waals surface area contributed by atoms with Gasteiger partial charge in [0, 0.05) is 0 Å². The van der Waals surface area contributed by atoms with Crippen LogP contribution in [-0.2, 0) is 10.0 Å². The highest BCUT2D eigenvalue weighted by molar-refractivity contribution is 7.89. The first-order valence-corrected chi connectivity index (χ1v) is 5.52. The van der Waals surface area contributed by atoms with Gasteiger partial charge in [0.25, 0.3) is 10.0 Å². The number of aryl methyl sites for hydroxylation is 1. The molecule has 5 heteroatoms. The maximum Gasteiger partial charge on any atom is 0.267 e. The van der Waals surface area contributed by atoms with Gasteiger partial charge in [0.05, 0.1) is 11.9 Å². The van der Waals surface area contributed by atoms with E-state index in [2.05, 4.69) is 9.63 Å². The predicted octanol–water partition coefficient (Wildman–Crippen LogP) is 2.04. The van der Waals surface area contributed by atoms with Gasteiger partial charge in [-0.25, -0.2) is 8.42 Å². The van der Waals surface area contributed by atoms with Crippen LogP contribution in [0.5, 0.6) is 0 Å². The molecule has 4 nitrogen and oxygen atoms in total. The molecule has 0 fully saturated rings. The Morgan fingerprint density at radius 2 is 1.69 bits per heavy atom. The van der Waals surface area contributed by atoms with Crippen LogP contribution in [0, 0.1) is 6.92 Å². The van der Waals surface area contributed by atoms with E-state index in [1.807, 2.05) is 19.1 Å². The van der Waals surface area contributed by atoms with Crippen molar-refractivity contribution in [2.24, 2.45) is 9.63 Å². The quantitative estimate of drug-likeness (QED) is 0.683. The zero-order valence-electron chi connectivity index (χ0n) is 7.43. The Morgan fingerprint density at radius 3 is 2.15 bits per heavy atom. The van der Waals surface area contributed by atoms with E-state index in [4.69, 9.17) is 0 Å². The van der Waals surface area contributed by atoms with Gasteiger partial charge in [-0.1, -0.05) is 22.2 Å². The largest absolute Gasteiger partial charge is 0.267 e. The Hall–Kier alpha value is -1.23. The summed E-state index contributed by atoms with van der Waals surface area (Å²) in [5.41, 5.74) is 1.63. The van der Waals surface area contributed by atoms with Crippen molar-refractivity contribution in [3.63, 3.8) is 0 Å². The van der Waals surface area contributed by atoms with Crippen molar-refractivity contribution in [2.75, 3.05) is 6.26 Å². The van der Waals surface area contributed by atoms with Crippen LogP contribution in [0.15, 0.2) is 33.9 Å². The summed E-state index contributed by atoms with van der Waals surface area (Å²) in [6, 6.07) is 7.11. The van der Waals surface area contributed by atoms with Crippen LogP contribution in [0.3, 0.4) is 0 Å². The van der Waals surface area contributed by atoms with E-state index in [0.717, 1.165) is 11.8 Å². The summed E-state index contributed by atoms with van der Waals surface area (Å²) in [5.74, 6) is 0. The smallest absolute Gasteiger partial charge is 0.203 e. The summed E-state index contributed by atoms with van der Waals surface area (Å²) in [6.45, 7) is 1.94. The van der Waals surface area contributed by atoms with Gasteiger partial charge in [-0.3, -0.25) is 0 Å². The van der Waals surface area contributed by atoms with Gasteiger partial charge in [0.2, 0.25) is 0 Å². The minimum absolute atomic E-state index is 0.538. The molecule has 13 heavy (non-hydrogen) atoms. The van der Waals surface area contributed by atoms with Gasteiger partial charge >= 0.3 is 0 Å². The van der Waals surface area contributed by atoms with E-state index in [9.17, 15) is 8.42 Å². The minimum Gasteiger partial charge on any atom is -0.203 e. The normalized spacial score (nSPS) is 12.2. The number of hydrogen-bond donors (Lipinski definition) is 0. The molecule has 0 heterocycles. The van der Waals surface area contributed by atoms with Gasteiger partial charge in [0.15, 0.2) is 0 Å². The molecule has 1 rings (SSSR count). The molecular formula is C8H10N2O2S. The molecule has 0 N–H and O–H groups in total. The minimum atomic E-state index is -3.37. The highest BCUT2D eigenvalue weighted by Gasteiger charge is 1.95. The Balaban J connectivity index is 2.88. The molecule has 0 aliphatic heterocycles. The van der Waals surface area contributed by atoms with Gasteiger partial charge in [-0.15, -0.1) is 5.11 Å². The first-order valence-electron chi connectivity index (χ1n) is 3.67. The van der Waals surface area contributed by atoms with Gasteiger partial charge in [-0.2, -0.15) is 0 Å². The van der Waals surface area contributed by atoms with Gasteiger partial charge in [-0.05, 0) is 19.1 Å². The summed E-state index contributed by atoms with van der Waals surface area (Å²) in [4.78, 5) is 0. The molecule has 1 aromatic carbocycles. The van der Waals surface area contributed by atoms with Crippen LogP contribution < -0.4 is 0 Å². The van der Waals surface area contributed by atoms with E-state index in [1.54, 1.807) is 12.1 Å². The lowest BCUT2D eigenvalue weighted by Crippen LogP contribution is -1.86. The second-order valence-corrected chi connectivity index (χ2v) is 4.38. The van der Waals surface area contributed by atoms with Gasteiger partial charge < -0.3 is 0 Å². The highest BCUT2D eigenvalue weighted by Crippen LogP contribution is 2.13. The van der Waals surface area contributed by atoms with Gasteiger partial charge in [0.1, 0.15) is 0 Å². The first-order chi connectivity index (χ1) is 5.97. The van der Waals surface area contributed by atoms with Crippen molar-refractivity contribution in [2.45, 2.75) is 6.92 Å². The number of hydrogen-bond acceptors (Lipinski definition) is 3. The van der Waals surface area contributed by atoms with Crippen molar-refractivity contribution in [1.29, 1.82) is 0 Å². The second kappa shape index (κ2) is 3.66. The predicted molar refractivity (Wildman–Crippen MR) is 50.5 cm³/mol. The number of nitrogens with zero attached hydrogens (tertiary/aromatic N) is 2. The lowest BCUT2D eigenvalue weighted by atomic mass is 10.2. The summed E-state index contributed by atoms with van der Waals surface area (Å²) in [5, 5.41) is 3.56. The third-order valence-corrected chi connectivity index (χ3v) is 1.72. The van der Waals surface area contributed by atoms with Crippen molar-refractivity contribution < 1.29 is 8.42 Å². The summed E-state index contributed by atoms with van der Waals surface area (Å²) in [7, 11) is -3.37. The number of rotatable bonds is 2. The Labute approximate surface area is 77.4 Å². The van der Waals surface area contributed by atoms with Crippen molar-refractivity contribution in [3.8, 4) is 0 Å². The maximum absolute atomic E-state index is 10.6. The number of sulfonamides is 1. The molecule has 0 atom stereocenters. The third kappa shape index (κ3) is 3.80. The van der Waals surface area contributed by atoms with E-state index < -0.39 is 10.0 Å². The fourth-order valence-electron chi connectivity index (χ4n) is 0.733. The molecule has 0 saturated carbocycles. The molecule has 0 amide bonds. The van der Waals surface area contributed by atoms with Crippen LogP contribution >= 0.6 is 0 Å². The molecule has 70 valence electrons. The van der Waals surface area contributed by atoms with Crippen molar-refractivity contribution >= 4 is 15.7 Å². The average Bonchev–Trinajstić information content (AvgIpc) is 2.02. The van der Waals surface area contributed by atoms with E-state index in [1.165, 1.54) is 0 Å². The fourth-order valence-corrected chi connectivity index (χ4v) is 0.975. The zero-order valence-corrected chi connectivity index (χ0v) is 8.25. The van der Waals surface area contributed by atoms with E-state index in [0.29, 0.717) is 5.69 Å². The molecule has 0 aromatic heterocycles. The van der Waals surface area contributed by atoms with Crippen LogP contribution in [0.4, 0.5) is 5.69 Å². The lowest BCUT2D eigenvalue weighted by Gasteiger charge is -1.92. The summed E-state index contributed by atoms with van der Waals surface area (Å²) in [6.07, 6.45) is 1.00. The standard InChI is InChI=1S/C8H10N2O2S/c1-7-3-5-8(6-4-7)9-10-13(2,11)12/h3-6H,1-2H3. The maximum atomic E-state index is 10.6. The molecule has 0 bridgehead atoms. The monoisotopic (exact) mass is 198 g/mol. The van der Waals surface area contributed by atoms with Crippen molar-refractivity contribution in [3.05, 3.63) is 29.8 Å². The molecular weight excluding hydrogens is 188 g/mol. The topological polar surface area (TPSA) is 58.9 Å². The van der Waals surface area contributed by atoms with Crippen molar-refractivity contribution in [1.82, 2.24) is 0 Å².